The zero-order valence-corrected chi connectivity index (χ0v) is 16.0. The van der Waals surface area contributed by atoms with Gasteiger partial charge in [0.1, 0.15) is 17.6 Å². The van der Waals surface area contributed by atoms with Crippen LogP contribution >= 0.6 is 27.5 Å². The number of nitrogens with one attached hydrogen (secondary N) is 1. The van der Waals surface area contributed by atoms with E-state index in [0.717, 1.165) is 5.56 Å². The molecule has 9 heteroatoms. The molecule has 0 radical (unpaired) electrons. The van der Waals surface area contributed by atoms with Gasteiger partial charge in [-0.3, -0.25) is 4.68 Å². The van der Waals surface area contributed by atoms with Gasteiger partial charge in [-0.2, -0.15) is 5.10 Å². The first-order valence-corrected chi connectivity index (χ1v) is 9.96. The molecule has 0 bridgehead atoms. The van der Waals surface area contributed by atoms with Crippen LogP contribution in [-0.2, 0) is 16.6 Å². The van der Waals surface area contributed by atoms with E-state index in [9.17, 15) is 8.42 Å². The number of aromatic nitrogens is 3. The van der Waals surface area contributed by atoms with Crippen molar-refractivity contribution in [1.29, 1.82) is 0 Å². The standard InChI is InChI=1S/C16H14BrClN4O2S/c17-13-6-7-16(14(18)8-13)25(23,24)21-15(9-22-11-19-10-20-22)12-4-2-1-3-5-12/h1-8,10-11,15,21H,9H2. The summed E-state index contributed by atoms with van der Waals surface area (Å²) in [5.41, 5.74) is 0.815. The van der Waals surface area contributed by atoms with Crippen molar-refractivity contribution in [3.05, 3.63) is 76.2 Å². The summed E-state index contributed by atoms with van der Waals surface area (Å²) in [6, 6.07) is 13.4. The first-order valence-electron chi connectivity index (χ1n) is 7.30. The fourth-order valence-corrected chi connectivity index (χ4v) is 4.61. The van der Waals surface area contributed by atoms with Gasteiger partial charge in [-0.1, -0.05) is 57.9 Å². The van der Waals surface area contributed by atoms with Crippen LogP contribution in [0.3, 0.4) is 0 Å². The summed E-state index contributed by atoms with van der Waals surface area (Å²) in [6.07, 6.45) is 2.94. The fourth-order valence-electron chi connectivity index (χ4n) is 2.35. The van der Waals surface area contributed by atoms with Gasteiger partial charge in [0.15, 0.2) is 0 Å². The van der Waals surface area contributed by atoms with Gasteiger partial charge in [0.2, 0.25) is 10.0 Å². The van der Waals surface area contributed by atoms with Gasteiger partial charge in [-0.25, -0.2) is 18.1 Å². The maximum Gasteiger partial charge on any atom is 0.242 e. The van der Waals surface area contributed by atoms with Crippen LogP contribution in [0.1, 0.15) is 11.6 Å². The van der Waals surface area contributed by atoms with E-state index in [-0.39, 0.29) is 9.92 Å². The fraction of sp³-hybridized carbons (Fsp3) is 0.125. The zero-order chi connectivity index (χ0) is 17.9. The van der Waals surface area contributed by atoms with Crippen molar-refractivity contribution in [3.8, 4) is 0 Å². The molecule has 0 saturated carbocycles. The number of sulfonamides is 1. The molecule has 6 nitrogen and oxygen atoms in total. The molecule has 0 aliphatic carbocycles. The molecule has 1 unspecified atom stereocenters. The van der Waals surface area contributed by atoms with Gasteiger partial charge in [0, 0.05) is 4.47 Å². The molecule has 3 rings (SSSR count). The minimum atomic E-state index is -3.82. The lowest BCUT2D eigenvalue weighted by molar-refractivity contribution is 0.482. The highest BCUT2D eigenvalue weighted by Crippen LogP contribution is 2.27. The third kappa shape index (κ3) is 4.46. The molecule has 25 heavy (non-hydrogen) atoms. The quantitative estimate of drug-likeness (QED) is 0.636. The topological polar surface area (TPSA) is 76.9 Å². The average molecular weight is 442 g/mol. The van der Waals surface area contributed by atoms with Crippen molar-refractivity contribution in [2.24, 2.45) is 0 Å². The number of nitrogens with zero attached hydrogens (tertiary/aromatic N) is 3. The van der Waals surface area contributed by atoms with Crippen LogP contribution in [0.15, 0.2) is 70.6 Å². The number of halogens is 2. The molecule has 1 N–H and O–H groups in total. The molecule has 0 fully saturated rings. The molecule has 1 heterocycles. The van der Waals surface area contributed by atoms with Crippen LogP contribution in [-0.4, -0.2) is 23.2 Å². The highest BCUT2D eigenvalue weighted by atomic mass is 79.9. The van der Waals surface area contributed by atoms with E-state index in [1.54, 1.807) is 16.8 Å². The molecule has 2 aromatic carbocycles. The lowest BCUT2D eigenvalue weighted by Crippen LogP contribution is -2.32. The molecular formula is C16H14BrClN4O2S. The minimum absolute atomic E-state index is 0.0249. The first kappa shape index (κ1) is 18.1. The zero-order valence-electron chi connectivity index (χ0n) is 12.9. The minimum Gasteiger partial charge on any atom is -0.251 e. The van der Waals surface area contributed by atoms with Gasteiger partial charge >= 0.3 is 0 Å². The van der Waals surface area contributed by atoms with Gasteiger partial charge in [0.05, 0.1) is 17.6 Å². The van der Waals surface area contributed by atoms with Crippen molar-refractivity contribution in [3.63, 3.8) is 0 Å². The Balaban J connectivity index is 1.93. The number of hydrogen-bond acceptors (Lipinski definition) is 4. The SMILES string of the molecule is O=S(=O)(NC(Cn1cncn1)c1ccccc1)c1ccc(Br)cc1Cl. The average Bonchev–Trinajstić information content (AvgIpc) is 3.07. The number of rotatable bonds is 6. The summed E-state index contributed by atoms with van der Waals surface area (Å²) in [4.78, 5) is 3.92. The molecule has 1 atom stereocenters. The van der Waals surface area contributed by atoms with E-state index >= 15 is 0 Å². The smallest absolute Gasteiger partial charge is 0.242 e. The van der Waals surface area contributed by atoms with E-state index in [1.165, 1.54) is 18.7 Å². The molecule has 130 valence electrons. The van der Waals surface area contributed by atoms with Gasteiger partial charge < -0.3 is 0 Å². The Morgan fingerprint density at radius 2 is 1.96 bits per heavy atom. The summed E-state index contributed by atoms with van der Waals surface area (Å²) in [5.74, 6) is 0. The molecule has 0 saturated heterocycles. The van der Waals surface area contributed by atoms with Crippen LogP contribution in [0.2, 0.25) is 5.02 Å². The third-order valence-electron chi connectivity index (χ3n) is 3.52. The highest BCUT2D eigenvalue weighted by molar-refractivity contribution is 9.10. The Morgan fingerprint density at radius 1 is 1.20 bits per heavy atom. The Kier molecular flexibility index (Phi) is 5.53. The summed E-state index contributed by atoms with van der Waals surface area (Å²) in [5, 5.41) is 4.20. The van der Waals surface area contributed by atoms with E-state index in [2.05, 4.69) is 30.7 Å². The van der Waals surface area contributed by atoms with Crippen LogP contribution in [0.4, 0.5) is 0 Å². The molecule has 1 aromatic heterocycles. The second-order valence-corrected chi connectivity index (χ2v) is 8.28. The Labute approximate surface area is 159 Å². The summed E-state index contributed by atoms with van der Waals surface area (Å²) >= 11 is 9.38. The first-order chi connectivity index (χ1) is 12.0. The van der Waals surface area contributed by atoms with Crippen LogP contribution in [0.25, 0.3) is 0 Å². The summed E-state index contributed by atoms with van der Waals surface area (Å²) in [7, 11) is -3.82. The van der Waals surface area contributed by atoms with Crippen molar-refractivity contribution in [2.45, 2.75) is 17.5 Å². The van der Waals surface area contributed by atoms with E-state index in [0.29, 0.717) is 11.0 Å². The van der Waals surface area contributed by atoms with Crippen LogP contribution < -0.4 is 4.72 Å². The second-order valence-electron chi connectivity index (χ2n) is 5.28. The van der Waals surface area contributed by atoms with Crippen molar-refractivity contribution < 1.29 is 8.42 Å². The summed E-state index contributed by atoms with van der Waals surface area (Å²) < 4.78 is 30.6. The maximum atomic E-state index is 12.8. The van der Waals surface area contributed by atoms with E-state index < -0.39 is 16.1 Å². The predicted molar refractivity (Wildman–Crippen MR) is 98.7 cm³/mol. The van der Waals surface area contributed by atoms with Gasteiger partial charge in [-0.15, -0.1) is 0 Å². The molecule has 0 aliphatic heterocycles. The molecular weight excluding hydrogens is 428 g/mol. The van der Waals surface area contributed by atoms with Crippen molar-refractivity contribution in [2.75, 3.05) is 0 Å². The number of benzene rings is 2. The van der Waals surface area contributed by atoms with Crippen LogP contribution in [0.5, 0.6) is 0 Å². The lowest BCUT2D eigenvalue weighted by atomic mass is 10.1. The highest BCUT2D eigenvalue weighted by Gasteiger charge is 2.24. The Bertz CT molecular complexity index is 950. The van der Waals surface area contributed by atoms with Crippen molar-refractivity contribution in [1.82, 2.24) is 19.5 Å². The predicted octanol–water partition coefficient (Wildman–Crippen LogP) is 3.41. The van der Waals surface area contributed by atoms with Crippen LogP contribution in [0, 0.1) is 0 Å². The van der Waals surface area contributed by atoms with Gasteiger partial charge in [-0.05, 0) is 23.8 Å². The second kappa shape index (κ2) is 7.65. The molecule has 0 aliphatic rings. The monoisotopic (exact) mass is 440 g/mol. The van der Waals surface area contributed by atoms with E-state index in [4.69, 9.17) is 11.6 Å². The third-order valence-corrected chi connectivity index (χ3v) is 5.97. The molecule has 3 aromatic rings. The maximum absolute atomic E-state index is 12.8. The van der Waals surface area contributed by atoms with E-state index in [1.807, 2.05) is 30.3 Å². The summed E-state index contributed by atoms with van der Waals surface area (Å²) in [6.45, 7) is 0.303. The lowest BCUT2D eigenvalue weighted by Gasteiger charge is -2.19. The van der Waals surface area contributed by atoms with Gasteiger partial charge in [0.25, 0.3) is 0 Å². The Morgan fingerprint density at radius 3 is 2.60 bits per heavy atom. The Hall–Kier alpha value is -1.74. The number of hydrogen-bond donors (Lipinski definition) is 1. The molecule has 0 spiro atoms. The molecule has 0 amide bonds. The van der Waals surface area contributed by atoms with Crippen molar-refractivity contribution >= 4 is 37.6 Å². The normalized spacial score (nSPS) is 12.9. The largest absolute Gasteiger partial charge is 0.251 e.